The van der Waals surface area contributed by atoms with E-state index in [9.17, 15) is 9.59 Å². The number of carbonyl (C=O) groups excluding carboxylic acids is 2. The van der Waals surface area contributed by atoms with E-state index in [2.05, 4.69) is 26.2 Å². The first-order valence-corrected chi connectivity index (χ1v) is 10.9. The van der Waals surface area contributed by atoms with Crippen molar-refractivity contribution in [2.24, 2.45) is 0 Å². The highest BCUT2D eigenvalue weighted by Gasteiger charge is 2.25. The molecule has 1 aliphatic heterocycles. The molecular weight excluding hydrogens is 446 g/mol. The Morgan fingerprint density at radius 1 is 1.13 bits per heavy atom. The molecule has 1 fully saturated rings. The Bertz CT molecular complexity index is 1050. The molecule has 1 saturated heterocycles. The van der Waals surface area contributed by atoms with Crippen molar-refractivity contribution in [1.29, 1.82) is 0 Å². The molecule has 156 valence electrons. The lowest BCUT2D eigenvalue weighted by molar-refractivity contribution is 0.0697. The number of halogens is 1. The summed E-state index contributed by atoms with van der Waals surface area (Å²) in [6.45, 7) is 3.77. The smallest absolute Gasteiger partial charge is 0.267 e. The van der Waals surface area contributed by atoms with Gasteiger partial charge in [0.05, 0.1) is 6.61 Å². The monoisotopic (exact) mass is 469 g/mol. The third kappa shape index (κ3) is 4.51. The molecule has 0 saturated carbocycles. The Morgan fingerprint density at radius 2 is 1.87 bits per heavy atom. The first-order chi connectivity index (χ1) is 14.5. The molecule has 0 radical (unpaired) electrons. The maximum absolute atomic E-state index is 12.7. The van der Waals surface area contributed by atoms with Crippen molar-refractivity contribution >= 4 is 38.6 Å². The van der Waals surface area contributed by atoms with Crippen LogP contribution in [0, 0.1) is 0 Å². The average molecular weight is 470 g/mol. The summed E-state index contributed by atoms with van der Waals surface area (Å²) in [6.07, 6.45) is 1.47. The van der Waals surface area contributed by atoms with Crippen molar-refractivity contribution in [3.8, 4) is 5.75 Å². The van der Waals surface area contributed by atoms with Crippen LogP contribution >= 0.6 is 15.9 Å². The predicted molar refractivity (Wildman–Crippen MR) is 120 cm³/mol. The number of H-pyrrole nitrogens is 1. The Hall–Kier alpha value is -2.80. The van der Waals surface area contributed by atoms with Crippen molar-refractivity contribution in [2.45, 2.75) is 25.8 Å². The zero-order valence-corrected chi connectivity index (χ0v) is 18.4. The standard InChI is InChI=1S/C23H24BrN3O3/c1-2-30-19-7-4-15(5-8-19)23(29)27-11-9-18(10-12-27)25-22(28)21-13-16-3-6-17(24)14-20(16)26-21/h3-8,13-14,18,26H,2,9-12H2,1H3,(H,25,28). The molecule has 0 atom stereocenters. The van der Waals surface area contributed by atoms with Crippen LogP contribution in [0.3, 0.4) is 0 Å². The Labute approximate surface area is 183 Å². The molecule has 30 heavy (non-hydrogen) atoms. The molecular formula is C23H24BrN3O3. The van der Waals surface area contributed by atoms with Crippen LogP contribution in [0.1, 0.15) is 40.6 Å². The zero-order valence-electron chi connectivity index (χ0n) is 16.8. The fraction of sp³-hybridized carbons (Fsp3) is 0.304. The number of fused-ring (bicyclic) bond motifs is 1. The zero-order chi connectivity index (χ0) is 21.1. The number of benzene rings is 2. The minimum Gasteiger partial charge on any atom is -0.494 e. The molecule has 2 amide bonds. The van der Waals surface area contributed by atoms with Gasteiger partial charge in [0.1, 0.15) is 11.4 Å². The van der Waals surface area contributed by atoms with Gasteiger partial charge in [0.2, 0.25) is 0 Å². The van der Waals surface area contributed by atoms with E-state index in [-0.39, 0.29) is 17.9 Å². The van der Waals surface area contributed by atoms with Gasteiger partial charge in [0.15, 0.2) is 0 Å². The Kier molecular flexibility index (Phi) is 6.08. The summed E-state index contributed by atoms with van der Waals surface area (Å²) in [5.74, 6) is 0.669. The number of carbonyl (C=O) groups is 2. The van der Waals surface area contributed by atoms with Crippen LogP contribution in [0.15, 0.2) is 53.0 Å². The van der Waals surface area contributed by atoms with Crippen LogP contribution in [0.25, 0.3) is 10.9 Å². The third-order valence-corrected chi connectivity index (χ3v) is 5.85. The number of ether oxygens (including phenoxy) is 1. The van der Waals surface area contributed by atoms with Gasteiger partial charge in [-0.05, 0) is 62.2 Å². The van der Waals surface area contributed by atoms with E-state index >= 15 is 0 Å². The van der Waals surface area contributed by atoms with Crippen molar-refractivity contribution in [1.82, 2.24) is 15.2 Å². The van der Waals surface area contributed by atoms with Crippen molar-refractivity contribution in [2.75, 3.05) is 19.7 Å². The van der Waals surface area contributed by atoms with Crippen LogP contribution in [0.2, 0.25) is 0 Å². The summed E-state index contributed by atoms with van der Waals surface area (Å²) in [5, 5.41) is 4.09. The van der Waals surface area contributed by atoms with Crippen molar-refractivity contribution < 1.29 is 14.3 Å². The quantitative estimate of drug-likeness (QED) is 0.582. The van der Waals surface area contributed by atoms with Crippen LogP contribution < -0.4 is 10.1 Å². The molecule has 0 spiro atoms. The summed E-state index contributed by atoms with van der Waals surface area (Å²) in [6, 6.07) is 15.0. The van der Waals surface area contributed by atoms with Crippen LogP contribution in [-0.4, -0.2) is 47.4 Å². The highest BCUT2D eigenvalue weighted by Crippen LogP contribution is 2.21. The summed E-state index contributed by atoms with van der Waals surface area (Å²) in [7, 11) is 0. The summed E-state index contributed by atoms with van der Waals surface area (Å²) < 4.78 is 6.39. The van der Waals surface area contributed by atoms with E-state index in [4.69, 9.17) is 4.74 Å². The normalized spacial score (nSPS) is 14.7. The summed E-state index contributed by atoms with van der Waals surface area (Å²) >= 11 is 3.44. The molecule has 0 bridgehead atoms. The first-order valence-electron chi connectivity index (χ1n) is 10.1. The van der Waals surface area contributed by atoms with Gasteiger partial charge in [-0.1, -0.05) is 22.0 Å². The van der Waals surface area contributed by atoms with Gasteiger partial charge >= 0.3 is 0 Å². The SMILES string of the molecule is CCOc1ccc(C(=O)N2CCC(NC(=O)c3cc4ccc(Br)cc4[nH]3)CC2)cc1. The average Bonchev–Trinajstić information content (AvgIpc) is 3.18. The second-order valence-corrected chi connectivity index (χ2v) is 8.33. The van der Waals surface area contributed by atoms with Crippen LogP contribution in [0.4, 0.5) is 0 Å². The molecule has 7 heteroatoms. The summed E-state index contributed by atoms with van der Waals surface area (Å²) in [5.41, 5.74) is 2.13. The molecule has 2 aromatic carbocycles. The topological polar surface area (TPSA) is 74.4 Å². The van der Waals surface area contributed by atoms with Gasteiger partial charge in [-0.2, -0.15) is 0 Å². The minimum atomic E-state index is -0.112. The number of hydrogen-bond acceptors (Lipinski definition) is 3. The number of rotatable bonds is 5. The van der Waals surface area contributed by atoms with E-state index in [1.807, 2.05) is 48.2 Å². The van der Waals surface area contributed by atoms with Gasteiger partial charge in [-0.15, -0.1) is 0 Å². The largest absolute Gasteiger partial charge is 0.494 e. The van der Waals surface area contributed by atoms with Crippen molar-refractivity contribution in [3.63, 3.8) is 0 Å². The summed E-state index contributed by atoms with van der Waals surface area (Å²) in [4.78, 5) is 30.4. The van der Waals surface area contributed by atoms with E-state index in [0.29, 0.717) is 31.0 Å². The maximum Gasteiger partial charge on any atom is 0.267 e. The first kappa shape index (κ1) is 20.5. The van der Waals surface area contributed by atoms with Gasteiger partial charge in [-0.25, -0.2) is 0 Å². The lowest BCUT2D eigenvalue weighted by atomic mass is 10.0. The molecule has 3 aromatic rings. The molecule has 2 N–H and O–H groups in total. The lowest BCUT2D eigenvalue weighted by Gasteiger charge is -2.32. The van der Waals surface area contributed by atoms with Gasteiger partial charge in [-0.3, -0.25) is 9.59 Å². The number of likely N-dealkylation sites (tertiary alicyclic amines) is 1. The predicted octanol–water partition coefficient (Wildman–Crippen LogP) is 4.36. The fourth-order valence-electron chi connectivity index (χ4n) is 3.75. The molecule has 1 aromatic heterocycles. The molecule has 0 unspecified atom stereocenters. The van der Waals surface area contributed by atoms with E-state index in [1.54, 1.807) is 12.1 Å². The number of nitrogens with zero attached hydrogens (tertiary/aromatic N) is 1. The molecule has 0 aliphatic carbocycles. The van der Waals surface area contributed by atoms with E-state index in [1.165, 1.54) is 0 Å². The Morgan fingerprint density at radius 3 is 2.57 bits per heavy atom. The number of aromatic nitrogens is 1. The highest BCUT2D eigenvalue weighted by molar-refractivity contribution is 9.10. The molecule has 1 aliphatic rings. The fourth-order valence-corrected chi connectivity index (χ4v) is 4.12. The van der Waals surface area contributed by atoms with E-state index in [0.717, 1.165) is 34.0 Å². The second-order valence-electron chi connectivity index (χ2n) is 7.41. The van der Waals surface area contributed by atoms with Crippen LogP contribution in [-0.2, 0) is 0 Å². The van der Waals surface area contributed by atoms with Gasteiger partial charge in [0.25, 0.3) is 11.8 Å². The number of piperidine rings is 1. The maximum atomic E-state index is 12.7. The number of aromatic amines is 1. The van der Waals surface area contributed by atoms with Crippen LogP contribution in [0.5, 0.6) is 5.75 Å². The van der Waals surface area contributed by atoms with Gasteiger partial charge < -0.3 is 19.9 Å². The lowest BCUT2D eigenvalue weighted by Crippen LogP contribution is -2.46. The molecule has 4 rings (SSSR count). The molecule has 6 nitrogen and oxygen atoms in total. The second kappa shape index (κ2) is 8.92. The number of hydrogen-bond donors (Lipinski definition) is 2. The van der Waals surface area contributed by atoms with E-state index < -0.39 is 0 Å². The third-order valence-electron chi connectivity index (χ3n) is 5.36. The molecule has 2 heterocycles. The Balaban J connectivity index is 1.32. The van der Waals surface area contributed by atoms with Gasteiger partial charge in [0, 0.05) is 40.1 Å². The minimum absolute atomic E-state index is 0.0176. The number of nitrogens with one attached hydrogen (secondary N) is 2. The van der Waals surface area contributed by atoms with Crippen molar-refractivity contribution in [3.05, 3.63) is 64.3 Å². The highest BCUT2D eigenvalue weighted by atomic mass is 79.9. The number of amides is 2.